The molecule has 0 amide bonds. The first-order valence-electron chi connectivity index (χ1n) is 5.29. The number of likely N-dealkylation sites (N-methyl/N-ethyl adjacent to an activating group) is 1. The maximum atomic E-state index is 4.33. The van der Waals surface area contributed by atoms with Crippen molar-refractivity contribution in [3.05, 3.63) is 30.2 Å². The van der Waals surface area contributed by atoms with Crippen molar-refractivity contribution in [3.8, 4) is 0 Å². The maximum absolute atomic E-state index is 4.33. The van der Waals surface area contributed by atoms with Gasteiger partial charge in [-0.25, -0.2) is 0 Å². The van der Waals surface area contributed by atoms with Crippen LogP contribution in [0.4, 0.5) is 0 Å². The lowest BCUT2D eigenvalue weighted by Gasteiger charge is -2.12. The Morgan fingerprint density at radius 2 is 2.33 bits per heavy atom. The van der Waals surface area contributed by atoms with Gasteiger partial charge in [0.1, 0.15) is 0 Å². The molecule has 15 heavy (non-hydrogen) atoms. The van der Waals surface area contributed by atoms with Crippen LogP contribution < -0.4 is 5.32 Å². The lowest BCUT2D eigenvalue weighted by Crippen LogP contribution is -2.26. The molecule has 0 bridgehead atoms. The van der Waals surface area contributed by atoms with Gasteiger partial charge in [0.15, 0.2) is 0 Å². The second kappa shape index (κ2) is 4.03. The maximum Gasteiger partial charge on any atom is 0.0667 e. The highest BCUT2D eigenvalue weighted by atomic mass is 15.0. The number of pyridine rings is 1. The van der Waals surface area contributed by atoms with Crippen LogP contribution in [0.1, 0.15) is 12.6 Å². The lowest BCUT2D eigenvalue weighted by atomic mass is 10.3. The van der Waals surface area contributed by atoms with Crippen molar-refractivity contribution in [2.24, 2.45) is 0 Å². The number of nitrogens with zero attached hydrogens (tertiary/aromatic N) is 2. The molecule has 3 nitrogen and oxygen atoms in total. The summed E-state index contributed by atoms with van der Waals surface area (Å²) >= 11 is 0. The molecule has 2 rings (SSSR count). The quantitative estimate of drug-likeness (QED) is 0.826. The first-order valence-corrected chi connectivity index (χ1v) is 5.29. The van der Waals surface area contributed by atoms with Crippen molar-refractivity contribution in [1.82, 2.24) is 14.9 Å². The summed E-state index contributed by atoms with van der Waals surface area (Å²) in [5.74, 6) is 0. The van der Waals surface area contributed by atoms with Gasteiger partial charge in [-0.15, -0.1) is 0 Å². The van der Waals surface area contributed by atoms with Crippen molar-refractivity contribution in [2.75, 3.05) is 7.05 Å². The Morgan fingerprint density at radius 3 is 3.07 bits per heavy atom. The molecular formula is C12H17N3. The van der Waals surface area contributed by atoms with E-state index in [4.69, 9.17) is 0 Å². The van der Waals surface area contributed by atoms with Crippen LogP contribution in [-0.4, -0.2) is 22.6 Å². The molecule has 2 aromatic heterocycles. The number of aryl methyl sites for hydroxylation is 1. The van der Waals surface area contributed by atoms with Crippen LogP contribution in [0.15, 0.2) is 24.5 Å². The summed E-state index contributed by atoms with van der Waals surface area (Å²) in [6, 6.07) is 4.74. The third-order valence-corrected chi connectivity index (χ3v) is 2.76. The van der Waals surface area contributed by atoms with Gasteiger partial charge in [0.2, 0.25) is 0 Å². The molecule has 0 aliphatic rings. The molecule has 0 fully saturated rings. The molecule has 1 N–H and O–H groups in total. The van der Waals surface area contributed by atoms with Gasteiger partial charge < -0.3 is 9.88 Å². The lowest BCUT2D eigenvalue weighted by molar-refractivity contribution is 0.525. The molecule has 3 heteroatoms. The zero-order chi connectivity index (χ0) is 10.8. The van der Waals surface area contributed by atoms with E-state index < -0.39 is 0 Å². The standard InChI is InChI=1S/C12H17N3/c1-9-6-11-4-5-15(8-10(2)13-3)12(11)7-14-9/h4-7,10,13H,8H2,1-3H3/t10-/m1/s1. The zero-order valence-corrected chi connectivity index (χ0v) is 9.49. The number of aromatic nitrogens is 2. The Kier molecular flexibility index (Phi) is 2.73. The fraction of sp³-hybridized carbons (Fsp3) is 0.417. The van der Waals surface area contributed by atoms with Gasteiger partial charge in [0.25, 0.3) is 0 Å². The minimum absolute atomic E-state index is 0.474. The van der Waals surface area contributed by atoms with Crippen LogP contribution in [0.3, 0.4) is 0 Å². The normalized spacial score (nSPS) is 13.3. The first-order chi connectivity index (χ1) is 7.20. The molecule has 2 aromatic rings. The van der Waals surface area contributed by atoms with E-state index in [0.717, 1.165) is 12.2 Å². The summed E-state index contributed by atoms with van der Waals surface area (Å²) < 4.78 is 2.24. The van der Waals surface area contributed by atoms with Gasteiger partial charge in [-0.1, -0.05) is 0 Å². The number of rotatable bonds is 3. The first kappa shape index (κ1) is 10.2. The number of nitrogens with one attached hydrogen (secondary N) is 1. The summed E-state index contributed by atoms with van der Waals surface area (Å²) in [4.78, 5) is 4.33. The van der Waals surface area contributed by atoms with Crippen LogP contribution in [0.5, 0.6) is 0 Å². The Hall–Kier alpha value is -1.35. The van der Waals surface area contributed by atoms with Crippen LogP contribution in [0, 0.1) is 6.92 Å². The Labute approximate surface area is 90.1 Å². The van der Waals surface area contributed by atoms with Crippen LogP contribution in [-0.2, 0) is 6.54 Å². The van der Waals surface area contributed by atoms with Crippen LogP contribution in [0.2, 0.25) is 0 Å². The Balaban J connectivity index is 2.36. The SMILES string of the molecule is CN[C@H](C)Cn1ccc2cc(C)ncc21. The Bertz CT molecular complexity index is 459. The predicted molar refractivity (Wildman–Crippen MR) is 63.0 cm³/mol. The van der Waals surface area contributed by atoms with E-state index in [1.165, 1.54) is 10.9 Å². The number of hydrogen-bond donors (Lipinski definition) is 1. The summed E-state index contributed by atoms with van der Waals surface area (Å²) in [6.07, 6.45) is 4.08. The highest BCUT2D eigenvalue weighted by Gasteiger charge is 2.04. The molecule has 0 saturated heterocycles. The second-order valence-electron chi connectivity index (χ2n) is 4.04. The van der Waals surface area contributed by atoms with Gasteiger partial charge in [-0.2, -0.15) is 0 Å². The topological polar surface area (TPSA) is 29.9 Å². The van der Waals surface area contributed by atoms with E-state index in [9.17, 15) is 0 Å². The number of fused-ring (bicyclic) bond motifs is 1. The monoisotopic (exact) mass is 203 g/mol. The highest BCUT2D eigenvalue weighted by Crippen LogP contribution is 2.15. The number of hydrogen-bond acceptors (Lipinski definition) is 2. The zero-order valence-electron chi connectivity index (χ0n) is 9.49. The van der Waals surface area contributed by atoms with E-state index in [1.807, 2.05) is 20.2 Å². The molecular weight excluding hydrogens is 186 g/mol. The molecule has 0 aromatic carbocycles. The van der Waals surface area contributed by atoms with Gasteiger partial charge in [0.05, 0.1) is 11.7 Å². The van der Waals surface area contributed by atoms with Crippen molar-refractivity contribution in [3.63, 3.8) is 0 Å². The fourth-order valence-electron chi connectivity index (χ4n) is 1.74. The molecule has 2 heterocycles. The minimum Gasteiger partial charge on any atom is -0.345 e. The fourth-order valence-corrected chi connectivity index (χ4v) is 1.74. The summed E-state index contributed by atoms with van der Waals surface area (Å²) in [5, 5.41) is 4.51. The average Bonchev–Trinajstić information content (AvgIpc) is 2.60. The molecule has 80 valence electrons. The Morgan fingerprint density at radius 1 is 1.53 bits per heavy atom. The van der Waals surface area contributed by atoms with E-state index in [1.54, 1.807) is 0 Å². The summed E-state index contributed by atoms with van der Waals surface area (Å²) in [7, 11) is 1.98. The third-order valence-electron chi connectivity index (χ3n) is 2.76. The van der Waals surface area contributed by atoms with E-state index in [-0.39, 0.29) is 0 Å². The van der Waals surface area contributed by atoms with Gasteiger partial charge in [-0.3, -0.25) is 4.98 Å². The van der Waals surface area contributed by atoms with Crippen molar-refractivity contribution in [2.45, 2.75) is 26.4 Å². The van der Waals surface area contributed by atoms with E-state index in [2.05, 4.69) is 40.1 Å². The third kappa shape index (κ3) is 2.02. The minimum atomic E-state index is 0.474. The molecule has 0 saturated carbocycles. The molecule has 0 unspecified atom stereocenters. The second-order valence-corrected chi connectivity index (χ2v) is 4.04. The largest absolute Gasteiger partial charge is 0.345 e. The smallest absolute Gasteiger partial charge is 0.0667 e. The molecule has 0 aliphatic heterocycles. The van der Waals surface area contributed by atoms with E-state index >= 15 is 0 Å². The summed E-state index contributed by atoms with van der Waals surface area (Å²) in [6.45, 7) is 5.17. The van der Waals surface area contributed by atoms with Crippen molar-refractivity contribution in [1.29, 1.82) is 0 Å². The van der Waals surface area contributed by atoms with Crippen molar-refractivity contribution >= 4 is 10.9 Å². The van der Waals surface area contributed by atoms with Crippen LogP contribution in [0.25, 0.3) is 10.9 Å². The van der Waals surface area contributed by atoms with Gasteiger partial charge >= 0.3 is 0 Å². The van der Waals surface area contributed by atoms with Crippen LogP contribution >= 0.6 is 0 Å². The van der Waals surface area contributed by atoms with Gasteiger partial charge in [-0.05, 0) is 33.0 Å². The van der Waals surface area contributed by atoms with E-state index in [0.29, 0.717) is 6.04 Å². The van der Waals surface area contributed by atoms with Crippen molar-refractivity contribution < 1.29 is 0 Å². The summed E-state index contributed by atoms with van der Waals surface area (Å²) in [5.41, 5.74) is 2.28. The molecule has 0 aliphatic carbocycles. The molecule has 0 spiro atoms. The highest BCUT2D eigenvalue weighted by molar-refractivity contribution is 5.79. The predicted octanol–water partition coefficient (Wildman–Crippen LogP) is 1.95. The molecule has 0 radical (unpaired) electrons. The van der Waals surface area contributed by atoms with Gasteiger partial charge in [0, 0.05) is 29.9 Å². The molecule has 1 atom stereocenters. The average molecular weight is 203 g/mol.